The average Bonchev–Trinajstić information content (AvgIpc) is 3.72. The number of hydrogen-bond donors (Lipinski definition) is 1. The molecule has 1 saturated heterocycles. The van der Waals surface area contributed by atoms with Crippen LogP contribution in [0, 0.1) is 6.92 Å². The largest absolute Gasteiger partial charge is 0.573 e. The van der Waals surface area contributed by atoms with Gasteiger partial charge >= 0.3 is 12.4 Å². The minimum absolute atomic E-state index is 0.231. The van der Waals surface area contributed by atoms with Gasteiger partial charge in [0.25, 0.3) is 0 Å². The molecule has 4 aromatic rings. The predicted octanol–water partition coefficient (Wildman–Crippen LogP) is 9.09. The van der Waals surface area contributed by atoms with Gasteiger partial charge < -0.3 is 15.0 Å². The van der Waals surface area contributed by atoms with Gasteiger partial charge in [0.2, 0.25) is 0 Å². The smallest absolute Gasteiger partial charge is 0.406 e. The van der Waals surface area contributed by atoms with Crippen molar-refractivity contribution in [2.24, 2.45) is 4.99 Å². The number of benzene rings is 3. The summed E-state index contributed by atoms with van der Waals surface area (Å²) < 4.78 is 42.9. The lowest BCUT2D eigenvalue weighted by Gasteiger charge is -2.37. The Balaban J connectivity index is 1.17. The number of alkyl halides is 3. The van der Waals surface area contributed by atoms with Crippen molar-refractivity contribution in [1.82, 2.24) is 20.1 Å². The average molecular weight is 675 g/mol. The number of aryl methyl sites for hydroxylation is 2. The number of ether oxygens (including phenoxy) is 1. The molecule has 250 valence electrons. The Bertz CT molecular complexity index is 1830. The Hall–Kier alpha value is -4.58. The Kier molecular flexibility index (Phi) is 9.91. The fraction of sp³-hybridized carbons (Fsp3) is 0.333. The van der Waals surface area contributed by atoms with Gasteiger partial charge in [-0.2, -0.15) is 4.99 Å². The van der Waals surface area contributed by atoms with E-state index in [2.05, 4.69) is 69.0 Å². The van der Waals surface area contributed by atoms with Crippen LogP contribution in [0.2, 0.25) is 0 Å². The van der Waals surface area contributed by atoms with Crippen LogP contribution in [-0.4, -0.2) is 44.1 Å². The molecule has 0 bridgehead atoms. The number of nitrogens with one attached hydrogen (secondary N) is 1. The second-order valence-electron chi connectivity index (χ2n) is 12.0. The number of nitrogens with zero attached hydrogens (tertiary/aromatic N) is 5. The first-order valence-corrected chi connectivity index (χ1v) is 17.1. The second-order valence-corrected chi connectivity index (χ2v) is 13.1. The maximum Gasteiger partial charge on any atom is 0.573 e. The first kappa shape index (κ1) is 33.3. The number of urea groups is 1. The van der Waals surface area contributed by atoms with Crippen molar-refractivity contribution < 1.29 is 22.7 Å². The van der Waals surface area contributed by atoms with Crippen LogP contribution in [0.25, 0.3) is 22.6 Å². The Morgan fingerprint density at radius 2 is 1.81 bits per heavy atom. The van der Waals surface area contributed by atoms with Gasteiger partial charge in [-0.05, 0) is 98.5 Å². The molecule has 0 saturated carbocycles. The number of carbonyl (C=O) groups excluding carboxylic acids is 1. The highest BCUT2D eigenvalue weighted by Gasteiger charge is 2.31. The molecule has 2 heterocycles. The highest BCUT2D eigenvalue weighted by atomic mass is 32.2. The molecule has 2 aliphatic rings. The van der Waals surface area contributed by atoms with Gasteiger partial charge in [-0.15, -0.1) is 18.3 Å². The van der Waals surface area contributed by atoms with E-state index in [0.717, 1.165) is 77.5 Å². The summed E-state index contributed by atoms with van der Waals surface area (Å²) in [4.78, 5) is 24.6. The van der Waals surface area contributed by atoms with Crippen molar-refractivity contribution in [2.75, 3.05) is 10.7 Å². The molecule has 1 unspecified atom stereocenters. The molecule has 6 rings (SSSR count). The van der Waals surface area contributed by atoms with Crippen LogP contribution in [0.4, 0.5) is 23.7 Å². The van der Waals surface area contributed by atoms with Gasteiger partial charge in [0.1, 0.15) is 12.1 Å². The van der Waals surface area contributed by atoms with E-state index in [9.17, 15) is 18.0 Å². The lowest BCUT2D eigenvalue weighted by atomic mass is 10.0. The summed E-state index contributed by atoms with van der Waals surface area (Å²) in [7, 11) is 0. The van der Waals surface area contributed by atoms with Gasteiger partial charge in [0.15, 0.2) is 11.0 Å². The maximum atomic E-state index is 13.4. The topological polar surface area (TPSA) is 84.6 Å². The number of amides is 2. The molecule has 2 amide bonds. The fourth-order valence-corrected chi connectivity index (χ4v) is 7.30. The first-order chi connectivity index (χ1) is 23.1. The van der Waals surface area contributed by atoms with Gasteiger partial charge in [0, 0.05) is 28.7 Å². The standard InChI is InChI=1S/C36H37F3N6O2S/c1-4-6-26-10-9-23(2)21-32(26)45-24(3)19-20-48-35(45)42-34(46)41-31-8-5-7-30(31)25-11-13-27(14-12-25)33-40-22-44(43-33)28-15-17-29(18-16-28)47-36(37,38)39/h9-18,21-22,24H,4-8,19-20H2,1-3H3,(H,41,46). The predicted molar refractivity (Wildman–Crippen MR) is 184 cm³/mol. The van der Waals surface area contributed by atoms with Gasteiger partial charge in [0.05, 0.1) is 5.69 Å². The van der Waals surface area contributed by atoms with Crippen LogP contribution < -0.4 is 15.0 Å². The minimum Gasteiger partial charge on any atom is -0.406 e. The van der Waals surface area contributed by atoms with Crippen LogP contribution in [0.5, 0.6) is 5.75 Å². The van der Waals surface area contributed by atoms with Gasteiger partial charge in [-0.3, -0.25) is 0 Å². The van der Waals surface area contributed by atoms with Crippen LogP contribution in [-0.2, 0) is 6.42 Å². The van der Waals surface area contributed by atoms with E-state index in [1.54, 1.807) is 11.8 Å². The van der Waals surface area contributed by atoms with Crippen molar-refractivity contribution >= 4 is 34.2 Å². The quantitative estimate of drug-likeness (QED) is 0.201. The molecule has 0 spiro atoms. The van der Waals surface area contributed by atoms with E-state index >= 15 is 0 Å². The molecular formula is C36H37F3N6O2S. The summed E-state index contributed by atoms with van der Waals surface area (Å²) >= 11 is 1.63. The number of carbonyl (C=O) groups is 1. The molecule has 3 aromatic carbocycles. The third-order valence-corrected chi connectivity index (χ3v) is 9.41. The number of rotatable bonds is 8. The summed E-state index contributed by atoms with van der Waals surface area (Å²) in [5.41, 5.74) is 7.89. The summed E-state index contributed by atoms with van der Waals surface area (Å²) in [6.07, 6.45) is 2.31. The van der Waals surface area contributed by atoms with E-state index in [4.69, 9.17) is 0 Å². The lowest BCUT2D eigenvalue weighted by Crippen LogP contribution is -2.42. The zero-order chi connectivity index (χ0) is 33.8. The molecule has 1 fully saturated rings. The summed E-state index contributed by atoms with van der Waals surface area (Å²) in [6, 6.07) is 19.7. The van der Waals surface area contributed by atoms with Crippen molar-refractivity contribution in [3.8, 4) is 22.8 Å². The SMILES string of the molecule is CCCc1ccc(C)cc1N1C(=NC(=O)NC2=C(c3ccc(-c4ncn(-c5ccc(OC(F)(F)F)cc5)n4)cc3)CCC2)SCCC1C. The number of amidine groups is 1. The van der Waals surface area contributed by atoms with E-state index in [0.29, 0.717) is 11.5 Å². The van der Waals surface area contributed by atoms with Crippen molar-refractivity contribution in [1.29, 1.82) is 0 Å². The molecule has 8 nitrogen and oxygen atoms in total. The third-order valence-electron chi connectivity index (χ3n) is 8.42. The number of aliphatic imine (C=N–C) groups is 1. The number of allylic oxidation sites excluding steroid dienone is 2. The maximum absolute atomic E-state index is 13.4. The van der Waals surface area contributed by atoms with Crippen molar-refractivity contribution in [3.63, 3.8) is 0 Å². The minimum atomic E-state index is -4.75. The molecule has 1 aliphatic carbocycles. The van der Waals surface area contributed by atoms with Crippen LogP contribution in [0.15, 0.2) is 83.7 Å². The molecule has 48 heavy (non-hydrogen) atoms. The lowest BCUT2D eigenvalue weighted by molar-refractivity contribution is -0.274. The number of hydrogen-bond acceptors (Lipinski definition) is 5. The van der Waals surface area contributed by atoms with Gasteiger partial charge in [-0.1, -0.05) is 61.5 Å². The first-order valence-electron chi connectivity index (χ1n) is 16.1. The van der Waals surface area contributed by atoms with Gasteiger partial charge in [-0.25, -0.2) is 14.5 Å². The Morgan fingerprint density at radius 1 is 1.06 bits per heavy atom. The van der Waals surface area contributed by atoms with Crippen LogP contribution in [0.3, 0.4) is 0 Å². The van der Waals surface area contributed by atoms with Crippen molar-refractivity contribution in [2.45, 2.75) is 71.7 Å². The monoisotopic (exact) mass is 674 g/mol. The highest BCUT2D eigenvalue weighted by molar-refractivity contribution is 8.14. The molecule has 1 atom stereocenters. The van der Waals surface area contributed by atoms with Crippen LogP contribution >= 0.6 is 11.8 Å². The number of aromatic nitrogens is 3. The summed E-state index contributed by atoms with van der Waals surface area (Å²) in [6.45, 7) is 6.47. The number of halogens is 3. The second kappa shape index (κ2) is 14.3. The molecule has 0 radical (unpaired) electrons. The Morgan fingerprint density at radius 3 is 2.54 bits per heavy atom. The zero-order valence-electron chi connectivity index (χ0n) is 27.1. The number of anilines is 1. The molecule has 1 aromatic heterocycles. The van der Waals surface area contributed by atoms with E-state index < -0.39 is 6.36 Å². The van der Waals surface area contributed by atoms with E-state index in [1.807, 2.05) is 24.3 Å². The summed E-state index contributed by atoms with van der Waals surface area (Å²) in [5, 5.41) is 8.34. The van der Waals surface area contributed by atoms with Crippen LogP contribution in [0.1, 0.15) is 62.6 Å². The van der Waals surface area contributed by atoms with E-state index in [1.165, 1.54) is 46.4 Å². The summed E-state index contributed by atoms with van der Waals surface area (Å²) in [5.74, 6) is 1.08. The van der Waals surface area contributed by atoms with Crippen molar-refractivity contribution in [3.05, 3.63) is 95.4 Å². The number of thioether (sulfide) groups is 1. The molecule has 1 N–H and O–H groups in total. The Labute approximate surface area is 282 Å². The third kappa shape index (κ3) is 7.75. The normalized spacial score (nSPS) is 17.7. The fourth-order valence-electron chi connectivity index (χ4n) is 6.10. The molecule has 1 aliphatic heterocycles. The highest BCUT2D eigenvalue weighted by Crippen LogP contribution is 2.35. The zero-order valence-corrected chi connectivity index (χ0v) is 27.9. The van der Waals surface area contributed by atoms with E-state index in [-0.39, 0.29) is 17.8 Å². The molecule has 12 heteroatoms. The molecular weight excluding hydrogens is 637 g/mol.